The molecule has 0 atom stereocenters. The van der Waals surface area contributed by atoms with Crippen LogP contribution in [0.15, 0.2) is 119 Å². The van der Waals surface area contributed by atoms with Gasteiger partial charge in [0, 0.05) is 108 Å². The van der Waals surface area contributed by atoms with Crippen LogP contribution in [0.3, 0.4) is 0 Å². The van der Waals surface area contributed by atoms with E-state index in [0.717, 1.165) is 61.8 Å². The third-order valence-electron chi connectivity index (χ3n) is 16.4. The SMILES string of the molecule is CCC1=CC(C)(C)[N+](CCCC(=O)N2CCN(S(=O)(=O)CCC[n+]3c4ccccc4c(C(=O)N(CCCC(=O)O)S(=O)(=O)c4ccc(C)cc4)c4ccccc43)CC2)=c2cc3c(cc21)=Nc1cc2c(cc1O3)N(CC)C(C)(C)C=C2C. The number of para-hydroxylation sites is 2. The molecule has 5 heterocycles. The Hall–Kier alpha value is -7.28. The number of carbonyl (C=O) groups excluding carboxylic acids is 2. The Bertz CT molecular complexity index is 3920. The van der Waals surface area contributed by atoms with Crippen LogP contribution in [0.25, 0.3) is 33.0 Å². The quantitative estimate of drug-likeness (QED) is 0.0645. The number of piperazine rings is 1. The van der Waals surface area contributed by atoms with Gasteiger partial charge in [0.1, 0.15) is 17.6 Å². The van der Waals surface area contributed by atoms with Crippen molar-refractivity contribution >= 4 is 82.2 Å². The maximum atomic E-state index is 14.8. The molecule has 1 saturated heterocycles. The van der Waals surface area contributed by atoms with Crippen molar-refractivity contribution in [2.24, 2.45) is 4.99 Å². The molecule has 6 aromatic rings. The molecule has 1 aromatic heterocycles. The van der Waals surface area contributed by atoms with E-state index in [1.165, 1.54) is 27.6 Å². The molecule has 10 rings (SSSR count). The number of allylic oxidation sites excluding steroid dienone is 2. The summed E-state index contributed by atoms with van der Waals surface area (Å²) >= 11 is 0. The molecular weight excluding hydrogens is 1060 g/mol. The monoisotopic (exact) mass is 1140 g/mol. The predicted octanol–water partition coefficient (Wildman–Crippen LogP) is 8.78. The molecule has 4 aliphatic rings. The van der Waals surface area contributed by atoms with Crippen LogP contribution in [0, 0.1) is 6.92 Å². The van der Waals surface area contributed by atoms with Crippen molar-refractivity contribution in [2.45, 2.75) is 116 Å². The number of rotatable bonds is 18. The van der Waals surface area contributed by atoms with Crippen LogP contribution in [0.4, 0.5) is 11.4 Å². The highest BCUT2D eigenvalue weighted by Gasteiger charge is 2.38. The number of sulfonamides is 2. The first-order valence-electron chi connectivity index (χ1n) is 28.2. The topological polar surface area (TPSA) is 181 Å². The minimum absolute atomic E-state index is 0.0120. The molecule has 5 aromatic carbocycles. The molecule has 4 aliphatic heterocycles. The van der Waals surface area contributed by atoms with Gasteiger partial charge in [-0.15, -0.1) is 0 Å². The van der Waals surface area contributed by atoms with Gasteiger partial charge in [-0.25, -0.2) is 30.7 Å². The Morgan fingerprint density at radius 1 is 0.753 bits per heavy atom. The number of ether oxygens (including phenoxy) is 1. The average molecular weight is 1140 g/mol. The summed E-state index contributed by atoms with van der Waals surface area (Å²) in [5.74, 6) is -0.651. The molecule has 18 heteroatoms. The zero-order chi connectivity index (χ0) is 57.8. The first-order chi connectivity index (χ1) is 38.5. The number of carboxylic acids is 1. The Morgan fingerprint density at radius 2 is 1.42 bits per heavy atom. The Kier molecular flexibility index (Phi) is 15.6. The number of aliphatic carboxylic acids is 1. The highest BCUT2D eigenvalue weighted by Crippen LogP contribution is 2.46. The fourth-order valence-corrected chi connectivity index (χ4v) is 15.3. The standard InChI is InChI=1S/C63H72N7O9S2/c1-9-44-41-63(7,8)69(55-39-57-51(37-49(44)55)64-50-36-48-43(4)40-62(5,6)68(10-2)54(48)38-56(50)79-57)29-15-22-58(71)65-31-33-66(34-32-65)80(75,76)35-17-28-67-52-20-13-11-18-46(52)60(47-19-12-14-21-53(47)67)61(74)70(30-16-23-59(72)73)81(77,78)45-26-24-42(3)25-27-45/h11-14,18-21,24-27,36-41H,9-10,15-17,22-23,28-35H2,1-8H3/q+1/p+1. The van der Waals surface area contributed by atoms with Crippen LogP contribution in [0.1, 0.15) is 114 Å². The first kappa shape index (κ1) is 57.0. The van der Waals surface area contributed by atoms with Gasteiger partial charge in [0.2, 0.25) is 32.3 Å². The zero-order valence-electron chi connectivity index (χ0n) is 47.7. The molecule has 1 N–H and O–H groups in total. The van der Waals surface area contributed by atoms with E-state index in [2.05, 4.69) is 94.4 Å². The van der Waals surface area contributed by atoms with Crippen molar-refractivity contribution < 1.29 is 45.6 Å². The number of benzene rings is 5. The van der Waals surface area contributed by atoms with Crippen molar-refractivity contribution in [3.8, 4) is 11.5 Å². The van der Waals surface area contributed by atoms with E-state index < -0.39 is 31.9 Å². The molecule has 0 aliphatic carbocycles. The number of anilines is 1. The summed E-state index contributed by atoms with van der Waals surface area (Å²) in [6, 6.07) is 28.9. The van der Waals surface area contributed by atoms with Crippen LogP contribution >= 0.6 is 0 Å². The number of aryl methyl sites for hydroxylation is 2. The largest absolute Gasteiger partial charge is 0.481 e. The van der Waals surface area contributed by atoms with Gasteiger partial charge in [0.05, 0.1) is 44.2 Å². The van der Waals surface area contributed by atoms with E-state index in [-0.39, 0.29) is 91.7 Å². The maximum absolute atomic E-state index is 14.8. The minimum atomic E-state index is -4.42. The predicted molar refractivity (Wildman–Crippen MR) is 316 cm³/mol. The van der Waals surface area contributed by atoms with Gasteiger partial charge in [-0.2, -0.15) is 8.87 Å². The fourth-order valence-electron chi connectivity index (χ4n) is 12.4. The number of pyridine rings is 1. The summed E-state index contributed by atoms with van der Waals surface area (Å²) in [6.07, 6.45) is 6.19. The van der Waals surface area contributed by atoms with E-state index in [1.807, 2.05) is 23.6 Å². The molecule has 16 nitrogen and oxygen atoms in total. The average Bonchev–Trinajstić information content (AvgIpc) is 3.62. The van der Waals surface area contributed by atoms with Crippen molar-refractivity contribution in [1.29, 1.82) is 0 Å². The van der Waals surface area contributed by atoms with Gasteiger partial charge in [-0.05, 0) is 101 Å². The second-order valence-electron chi connectivity index (χ2n) is 22.7. The molecule has 2 amide bonds. The highest BCUT2D eigenvalue weighted by atomic mass is 32.2. The number of fused-ring (bicyclic) bond motifs is 6. The lowest BCUT2D eigenvalue weighted by Gasteiger charge is -2.43. The van der Waals surface area contributed by atoms with Crippen molar-refractivity contribution in [2.75, 3.05) is 56.5 Å². The normalized spacial score (nSPS) is 16.6. The summed E-state index contributed by atoms with van der Waals surface area (Å²) in [5, 5.41) is 12.2. The lowest BCUT2D eigenvalue weighted by molar-refractivity contribution is -0.645. The molecule has 1 fully saturated rings. The lowest BCUT2D eigenvalue weighted by Crippen LogP contribution is -2.52. The molecular formula is C63H73N7O9S2+2. The number of nitrogens with zero attached hydrogens (tertiary/aromatic N) is 7. The highest BCUT2D eigenvalue weighted by molar-refractivity contribution is 7.89. The van der Waals surface area contributed by atoms with Gasteiger partial charge in [0.25, 0.3) is 15.9 Å². The summed E-state index contributed by atoms with van der Waals surface area (Å²) in [6.45, 7) is 19.5. The van der Waals surface area contributed by atoms with E-state index in [9.17, 15) is 36.3 Å². The van der Waals surface area contributed by atoms with Crippen LogP contribution in [0.2, 0.25) is 0 Å². The lowest BCUT2D eigenvalue weighted by atomic mass is 9.88. The van der Waals surface area contributed by atoms with Crippen molar-refractivity contribution in [3.63, 3.8) is 0 Å². The molecule has 0 spiro atoms. The molecule has 0 bridgehead atoms. The van der Waals surface area contributed by atoms with E-state index >= 15 is 0 Å². The zero-order valence-corrected chi connectivity index (χ0v) is 49.3. The van der Waals surface area contributed by atoms with Crippen LogP contribution < -0.4 is 29.5 Å². The minimum Gasteiger partial charge on any atom is -0.481 e. The van der Waals surface area contributed by atoms with E-state index in [1.54, 1.807) is 53.4 Å². The maximum Gasteiger partial charge on any atom is 0.303 e. The number of aromatic nitrogens is 1. The number of carbonyl (C=O) groups is 3. The van der Waals surface area contributed by atoms with Gasteiger partial charge in [-0.3, -0.25) is 14.4 Å². The third-order valence-corrected chi connectivity index (χ3v) is 20.2. The number of carboxylic acid groups (broad SMARTS) is 1. The molecule has 81 heavy (non-hydrogen) atoms. The first-order valence-corrected chi connectivity index (χ1v) is 31.2. The van der Waals surface area contributed by atoms with Crippen LogP contribution in [-0.2, 0) is 36.2 Å². The number of hydrogen-bond acceptors (Lipinski definition) is 10. The molecule has 0 saturated carbocycles. The van der Waals surface area contributed by atoms with E-state index in [4.69, 9.17) is 9.73 Å². The summed E-state index contributed by atoms with van der Waals surface area (Å²) in [5.41, 5.74) is 8.36. The number of hydrogen-bond donors (Lipinski definition) is 1. The molecule has 424 valence electrons. The van der Waals surface area contributed by atoms with Gasteiger partial charge < -0.3 is 19.6 Å². The third kappa shape index (κ3) is 11.0. The Balaban J connectivity index is 0.808. The molecule has 0 radical (unpaired) electrons. The Labute approximate surface area is 475 Å². The number of likely N-dealkylation sites (N-methyl/N-ethyl adjacent to an activating group) is 1. The fraction of sp³-hybridized carbons (Fsp3) is 0.397. The summed E-state index contributed by atoms with van der Waals surface area (Å²) in [4.78, 5) is 49.5. The van der Waals surface area contributed by atoms with Crippen molar-refractivity contribution in [3.05, 3.63) is 142 Å². The second-order valence-corrected chi connectivity index (χ2v) is 26.7. The summed E-state index contributed by atoms with van der Waals surface area (Å²) < 4.78 is 69.8. The van der Waals surface area contributed by atoms with E-state index in [0.29, 0.717) is 46.9 Å². The number of amides is 2. The second kappa shape index (κ2) is 22.2. The van der Waals surface area contributed by atoms with Crippen LogP contribution in [0.5, 0.6) is 11.5 Å². The van der Waals surface area contributed by atoms with Crippen LogP contribution in [-0.4, -0.2) is 116 Å². The van der Waals surface area contributed by atoms with Gasteiger partial charge in [0.15, 0.2) is 23.6 Å². The summed E-state index contributed by atoms with van der Waals surface area (Å²) in [7, 11) is -8.16. The molecule has 0 unspecified atom stereocenters. The van der Waals surface area contributed by atoms with Crippen molar-refractivity contribution in [1.82, 2.24) is 18.1 Å². The van der Waals surface area contributed by atoms with Gasteiger partial charge >= 0.3 is 5.97 Å². The smallest absolute Gasteiger partial charge is 0.303 e. The van der Waals surface area contributed by atoms with Gasteiger partial charge in [-0.1, -0.05) is 55.0 Å². The Morgan fingerprint density at radius 3 is 2.06 bits per heavy atom.